The summed E-state index contributed by atoms with van der Waals surface area (Å²) in [6, 6.07) is 6.07. The van der Waals surface area contributed by atoms with Crippen molar-refractivity contribution in [2.75, 3.05) is 33.2 Å². The van der Waals surface area contributed by atoms with E-state index in [2.05, 4.69) is 16.1 Å². The van der Waals surface area contributed by atoms with Gasteiger partial charge >= 0.3 is 12.1 Å². The van der Waals surface area contributed by atoms with E-state index in [0.717, 1.165) is 40.8 Å². The quantitative estimate of drug-likeness (QED) is 0.447. The number of esters is 1. The third kappa shape index (κ3) is 7.12. The van der Waals surface area contributed by atoms with E-state index in [0.29, 0.717) is 25.9 Å². The fourth-order valence-corrected chi connectivity index (χ4v) is 5.63. The summed E-state index contributed by atoms with van der Waals surface area (Å²) < 4.78 is 13.9. The van der Waals surface area contributed by atoms with E-state index in [1.807, 2.05) is 76.8 Å². The third-order valence-corrected chi connectivity index (χ3v) is 8.17. The zero-order valence-corrected chi connectivity index (χ0v) is 24.7. The summed E-state index contributed by atoms with van der Waals surface area (Å²) in [6.07, 6.45) is 4.80. The molecule has 9 nitrogen and oxygen atoms in total. The highest BCUT2D eigenvalue weighted by Crippen LogP contribution is 2.28. The average molecular weight is 553 g/mol. The van der Waals surface area contributed by atoms with E-state index in [-0.39, 0.29) is 24.3 Å². The Bertz CT molecular complexity index is 1260. The first-order valence-electron chi connectivity index (χ1n) is 14.3. The number of piperazine rings is 1. The molecule has 1 aromatic carbocycles. The summed E-state index contributed by atoms with van der Waals surface area (Å²) >= 11 is 0. The number of aliphatic hydroxyl groups is 1. The summed E-state index contributed by atoms with van der Waals surface area (Å²) in [6.45, 7) is 10.9. The molecule has 2 aliphatic rings. The van der Waals surface area contributed by atoms with Gasteiger partial charge in [-0.3, -0.25) is 9.48 Å². The Hall–Kier alpha value is -3.17. The Morgan fingerprint density at radius 3 is 2.58 bits per heavy atom. The van der Waals surface area contributed by atoms with Gasteiger partial charge in [0.15, 0.2) is 0 Å². The van der Waals surface area contributed by atoms with E-state index >= 15 is 0 Å². The van der Waals surface area contributed by atoms with E-state index in [1.54, 1.807) is 4.90 Å². The fraction of sp³-hybridized carbons (Fsp3) is 0.581. The maximum absolute atomic E-state index is 13.0. The molecule has 3 heterocycles. The van der Waals surface area contributed by atoms with Crippen LogP contribution in [0, 0.1) is 18.8 Å². The first-order valence-corrected chi connectivity index (χ1v) is 14.3. The minimum absolute atomic E-state index is 0.0220. The van der Waals surface area contributed by atoms with Crippen molar-refractivity contribution in [3.05, 3.63) is 47.2 Å². The number of hydrogen-bond acceptors (Lipinski definition) is 7. The van der Waals surface area contributed by atoms with E-state index in [1.165, 1.54) is 0 Å². The molecule has 40 heavy (non-hydrogen) atoms. The van der Waals surface area contributed by atoms with Gasteiger partial charge in [-0.25, -0.2) is 4.79 Å². The highest BCUT2D eigenvalue weighted by molar-refractivity contribution is 5.91. The summed E-state index contributed by atoms with van der Waals surface area (Å²) in [7, 11) is 3.97. The molecule has 0 aliphatic carbocycles. The van der Waals surface area contributed by atoms with Crippen LogP contribution in [-0.4, -0.2) is 88.3 Å². The molecule has 0 spiro atoms. The van der Waals surface area contributed by atoms with Crippen LogP contribution in [0.25, 0.3) is 17.0 Å². The number of fused-ring (bicyclic) bond motifs is 1. The second-order valence-electron chi connectivity index (χ2n) is 11.5. The minimum Gasteiger partial charge on any atom is -0.457 e. The number of carbonyl (C=O) groups excluding carboxylic acids is 2. The molecule has 0 unspecified atom stereocenters. The lowest BCUT2D eigenvalue weighted by Gasteiger charge is -2.33. The lowest BCUT2D eigenvalue weighted by atomic mass is 9.91. The molecule has 9 heteroatoms. The summed E-state index contributed by atoms with van der Waals surface area (Å²) in [5.41, 5.74) is 3.85. The van der Waals surface area contributed by atoms with Crippen molar-refractivity contribution in [1.82, 2.24) is 19.6 Å². The number of amides is 1. The van der Waals surface area contributed by atoms with Gasteiger partial charge in [-0.1, -0.05) is 38.1 Å². The molecule has 1 saturated heterocycles. The van der Waals surface area contributed by atoms with Crippen LogP contribution < -0.4 is 0 Å². The van der Waals surface area contributed by atoms with Gasteiger partial charge in [0.2, 0.25) is 0 Å². The topological polar surface area (TPSA) is 97.1 Å². The third-order valence-electron chi connectivity index (χ3n) is 8.17. The molecule has 1 fully saturated rings. The van der Waals surface area contributed by atoms with Crippen LogP contribution in [0.2, 0.25) is 0 Å². The number of cyclic esters (lactones) is 1. The number of nitrogens with zero attached hydrogens (tertiary/aromatic N) is 4. The van der Waals surface area contributed by atoms with Crippen molar-refractivity contribution in [2.24, 2.45) is 18.9 Å². The Morgan fingerprint density at radius 2 is 1.85 bits per heavy atom. The molecule has 218 valence electrons. The molecule has 1 N–H and O–H groups in total. The Kier molecular flexibility index (Phi) is 9.68. The molecule has 0 bridgehead atoms. The number of aromatic nitrogens is 2. The predicted octanol–water partition coefficient (Wildman–Crippen LogP) is 4.32. The van der Waals surface area contributed by atoms with Gasteiger partial charge in [-0.05, 0) is 62.9 Å². The number of likely N-dealkylation sites (N-methyl/N-ethyl adjacent to an activating group) is 1. The highest BCUT2D eigenvalue weighted by atomic mass is 16.6. The second-order valence-corrected chi connectivity index (χ2v) is 11.5. The Balaban J connectivity index is 1.61. The van der Waals surface area contributed by atoms with E-state index < -0.39 is 24.3 Å². The second kappa shape index (κ2) is 13.0. The number of hydrogen-bond donors (Lipinski definition) is 1. The van der Waals surface area contributed by atoms with Crippen LogP contribution in [0.3, 0.4) is 0 Å². The van der Waals surface area contributed by atoms with Crippen LogP contribution in [-0.2, 0) is 21.3 Å². The molecule has 2 aromatic rings. The first kappa shape index (κ1) is 29.8. The van der Waals surface area contributed by atoms with E-state index in [4.69, 9.17) is 9.47 Å². The zero-order chi connectivity index (χ0) is 29.0. The van der Waals surface area contributed by atoms with E-state index in [9.17, 15) is 14.7 Å². The number of aliphatic hydroxyl groups excluding tert-OH is 1. The summed E-state index contributed by atoms with van der Waals surface area (Å²) in [4.78, 5) is 29.8. The molecule has 0 radical (unpaired) electrons. The molecular weight excluding hydrogens is 508 g/mol. The number of aryl methyl sites for hydroxylation is 2. The smallest absolute Gasteiger partial charge is 0.410 e. The van der Waals surface area contributed by atoms with Crippen molar-refractivity contribution < 1.29 is 24.2 Å². The SMILES string of the molecule is C/C(=C\c1cccc2c1c(C)nn2C)[C@H]1OC(=O)C[C@H](O)CC[C@H](C)[C@H](OC(=O)N2CCN(C)CC2)/C=C/[C@@H]1C. The Morgan fingerprint density at radius 1 is 1.12 bits per heavy atom. The molecule has 0 saturated carbocycles. The van der Waals surface area contributed by atoms with Crippen molar-refractivity contribution in [1.29, 1.82) is 0 Å². The van der Waals surface area contributed by atoms with Crippen LogP contribution in [0.1, 0.15) is 51.3 Å². The van der Waals surface area contributed by atoms with Gasteiger partial charge in [0.1, 0.15) is 12.2 Å². The fourth-order valence-electron chi connectivity index (χ4n) is 5.63. The number of rotatable bonds is 3. The van der Waals surface area contributed by atoms with Crippen molar-refractivity contribution in [3.8, 4) is 0 Å². The van der Waals surface area contributed by atoms with Crippen molar-refractivity contribution in [3.63, 3.8) is 0 Å². The number of ether oxygens (including phenoxy) is 2. The highest BCUT2D eigenvalue weighted by Gasteiger charge is 2.29. The number of carbonyl (C=O) groups is 2. The van der Waals surface area contributed by atoms with Crippen LogP contribution in [0.15, 0.2) is 35.9 Å². The average Bonchev–Trinajstić information content (AvgIpc) is 3.21. The molecular formula is C31H44N4O5. The van der Waals surface area contributed by atoms with Gasteiger partial charge < -0.3 is 24.4 Å². The maximum Gasteiger partial charge on any atom is 0.410 e. The van der Waals surface area contributed by atoms with Crippen LogP contribution >= 0.6 is 0 Å². The zero-order valence-electron chi connectivity index (χ0n) is 24.7. The van der Waals surface area contributed by atoms with Gasteiger partial charge in [0.05, 0.1) is 23.7 Å². The first-order chi connectivity index (χ1) is 19.0. The summed E-state index contributed by atoms with van der Waals surface area (Å²) in [5.74, 6) is -0.637. The minimum atomic E-state index is -0.820. The van der Waals surface area contributed by atoms with Gasteiger partial charge in [-0.2, -0.15) is 5.10 Å². The normalized spacial score (nSPS) is 28.5. The van der Waals surface area contributed by atoms with Crippen molar-refractivity contribution in [2.45, 2.75) is 65.3 Å². The summed E-state index contributed by atoms with van der Waals surface area (Å²) in [5, 5.41) is 16.2. The van der Waals surface area contributed by atoms with Gasteiger partial charge in [0, 0.05) is 44.5 Å². The molecule has 4 rings (SSSR count). The molecule has 2 aliphatic heterocycles. The Labute approximate surface area is 237 Å². The molecule has 1 amide bonds. The molecule has 5 atom stereocenters. The van der Waals surface area contributed by atoms with Crippen molar-refractivity contribution >= 4 is 29.0 Å². The monoisotopic (exact) mass is 552 g/mol. The predicted molar refractivity (Wildman–Crippen MR) is 156 cm³/mol. The van der Waals surface area contributed by atoms with Crippen LogP contribution in [0.4, 0.5) is 4.79 Å². The van der Waals surface area contributed by atoms with Crippen LogP contribution in [0.5, 0.6) is 0 Å². The lowest BCUT2D eigenvalue weighted by Crippen LogP contribution is -2.48. The lowest BCUT2D eigenvalue weighted by molar-refractivity contribution is -0.151. The molecule has 1 aromatic heterocycles. The maximum atomic E-state index is 13.0. The van der Waals surface area contributed by atoms with Gasteiger partial charge in [-0.15, -0.1) is 0 Å². The standard InChI is InChI=1S/C31H44N4O5/c1-20-10-12-25(36)19-28(37)40-30(22(3)18-24-8-7-9-26-29(24)23(4)32-34(26)6)21(2)11-13-27(20)39-31(38)35-16-14-33(5)15-17-35/h7-9,11,13,18,20-21,25,27,30,36H,10,12,14-17,19H2,1-6H3/b13-11+,22-18+/t20-,21-,25+,27+,30-/m0/s1. The largest absolute Gasteiger partial charge is 0.457 e. The number of benzene rings is 1. The van der Waals surface area contributed by atoms with Gasteiger partial charge in [0.25, 0.3) is 0 Å².